The fourth-order valence-corrected chi connectivity index (χ4v) is 2.67. The molecule has 2 rings (SSSR count). The lowest BCUT2D eigenvalue weighted by atomic mass is 10.0. The first-order chi connectivity index (χ1) is 8.38. The zero-order valence-electron chi connectivity index (χ0n) is 11.8. The van der Waals surface area contributed by atoms with Crippen LogP contribution in [-0.2, 0) is 6.54 Å². The van der Waals surface area contributed by atoms with Crippen molar-refractivity contribution in [1.29, 1.82) is 0 Å². The molecule has 0 saturated carbocycles. The monoisotopic (exact) mass is 248 g/mol. The van der Waals surface area contributed by atoms with Crippen LogP contribution in [0.5, 0.6) is 0 Å². The highest BCUT2D eigenvalue weighted by Gasteiger charge is 2.37. The minimum absolute atomic E-state index is 0.0969. The zero-order chi connectivity index (χ0) is 13.3. The van der Waals surface area contributed by atoms with Crippen molar-refractivity contribution in [1.82, 2.24) is 4.90 Å². The third-order valence-corrected chi connectivity index (χ3v) is 3.85. The van der Waals surface area contributed by atoms with Crippen LogP contribution < -0.4 is 4.90 Å². The number of aliphatic hydroxyl groups is 1. The van der Waals surface area contributed by atoms with Crippen LogP contribution in [0, 0.1) is 0 Å². The normalized spacial score (nSPS) is 23.3. The lowest BCUT2D eigenvalue weighted by Gasteiger charge is -2.31. The van der Waals surface area contributed by atoms with Crippen LogP contribution in [0.2, 0.25) is 0 Å². The first kappa shape index (κ1) is 13.4. The van der Waals surface area contributed by atoms with E-state index in [1.165, 1.54) is 11.3 Å². The molecule has 1 aliphatic heterocycles. The molecule has 1 saturated heterocycles. The molecule has 1 atom stereocenters. The number of likely N-dealkylation sites (tertiary alicyclic amines) is 1. The molecule has 1 aromatic rings. The molecule has 1 fully saturated rings. The number of rotatable bonds is 3. The van der Waals surface area contributed by atoms with Gasteiger partial charge in [0.1, 0.15) is 0 Å². The molecule has 0 amide bonds. The van der Waals surface area contributed by atoms with E-state index in [0.29, 0.717) is 0 Å². The molecule has 1 heterocycles. The SMILES string of the molecule is CN(C)c1ccc(CN2CC(O)CC2(C)C)cc1. The fraction of sp³-hybridized carbons (Fsp3) is 0.600. The Hall–Kier alpha value is -1.06. The summed E-state index contributed by atoms with van der Waals surface area (Å²) >= 11 is 0. The predicted octanol–water partition coefficient (Wildman–Crippen LogP) is 2.10. The summed E-state index contributed by atoms with van der Waals surface area (Å²) in [5, 5.41) is 9.78. The molecule has 1 N–H and O–H groups in total. The summed E-state index contributed by atoms with van der Waals surface area (Å²) in [6, 6.07) is 8.65. The van der Waals surface area contributed by atoms with Crippen LogP contribution in [0.1, 0.15) is 25.8 Å². The summed E-state index contributed by atoms with van der Waals surface area (Å²) < 4.78 is 0. The molecule has 1 aromatic carbocycles. The van der Waals surface area contributed by atoms with E-state index in [1.807, 2.05) is 0 Å². The van der Waals surface area contributed by atoms with Gasteiger partial charge in [0.05, 0.1) is 6.10 Å². The van der Waals surface area contributed by atoms with E-state index >= 15 is 0 Å². The first-order valence-corrected chi connectivity index (χ1v) is 6.58. The summed E-state index contributed by atoms with van der Waals surface area (Å²) in [6.07, 6.45) is 0.684. The Kier molecular flexibility index (Phi) is 3.64. The van der Waals surface area contributed by atoms with E-state index in [-0.39, 0.29) is 11.6 Å². The molecule has 3 heteroatoms. The van der Waals surface area contributed by atoms with Crippen molar-refractivity contribution in [2.45, 2.75) is 38.5 Å². The second kappa shape index (κ2) is 4.90. The van der Waals surface area contributed by atoms with Crippen LogP contribution in [0.15, 0.2) is 24.3 Å². The molecule has 0 aromatic heterocycles. The number of aliphatic hydroxyl groups excluding tert-OH is 1. The van der Waals surface area contributed by atoms with Crippen LogP contribution in [0.25, 0.3) is 0 Å². The van der Waals surface area contributed by atoms with Crippen molar-refractivity contribution in [3.8, 4) is 0 Å². The Morgan fingerprint density at radius 1 is 1.28 bits per heavy atom. The third kappa shape index (κ3) is 2.85. The maximum Gasteiger partial charge on any atom is 0.0684 e. The summed E-state index contributed by atoms with van der Waals surface area (Å²) in [5.74, 6) is 0. The van der Waals surface area contributed by atoms with Gasteiger partial charge in [-0.15, -0.1) is 0 Å². The van der Waals surface area contributed by atoms with Crippen molar-refractivity contribution in [2.75, 3.05) is 25.5 Å². The van der Waals surface area contributed by atoms with Crippen molar-refractivity contribution < 1.29 is 5.11 Å². The predicted molar refractivity (Wildman–Crippen MR) is 75.9 cm³/mol. The van der Waals surface area contributed by atoms with Gasteiger partial charge in [0.15, 0.2) is 0 Å². The highest BCUT2D eigenvalue weighted by atomic mass is 16.3. The summed E-state index contributed by atoms with van der Waals surface area (Å²) in [6.45, 7) is 6.11. The third-order valence-electron chi connectivity index (χ3n) is 3.85. The van der Waals surface area contributed by atoms with Gasteiger partial charge in [0, 0.05) is 38.4 Å². The van der Waals surface area contributed by atoms with Crippen LogP contribution in [-0.4, -0.2) is 42.3 Å². The smallest absolute Gasteiger partial charge is 0.0684 e. The molecular formula is C15H24N2O. The Morgan fingerprint density at radius 3 is 2.33 bits per heavy atom. The number of benzene rings is 1. The molecule has 18 heavy (non-hydrogen) atoms. The molecule has 0 spiro atoms. The summed E-state index contributed by atoms with van der Waals surface area (Å²) in [7, 11) is 4.10. The first-order valence-electron chi connectivity index (χ1n) is 6.58. The van der Waals surface area contributed by atoms with Gasteiger partial charge in [-0.3, -0.25) is 4.90 Å². The fourth-order valence-electron chi connectivity index (χ4n) is 2.67. The van der Waals surface area contributed by atoms with Crippen molar-refractivity contribution in [2.24, 2.45) is 0 Å². The van der Waals surface area contributed by atoms with Gasteiger partial charge in [-0.1, -0.05) is 12.1 Å². The van der Waals surface area contributed by atoms with Gasteiger partial charge in [0.25, 0.3) is 0 Å². The molecule has 100 valence electrons. The van der Waals surface area contributed by atoms with Crippen molar-refractivity contribution in [3.05, 3.63) is 29.8 Å². The van der Waals surface area contributed by atoms with Gasteiger partial charge in [-0.2, -0.15) is 0 Å². The molecule has 1 unspecified atom stereocenters. The Morgan fingerprint density at radius 2 is 1.89 bits per heavy atom. The van der Waals surface area contributed by atoms with E-state index in [1.54, 1.807) is 0 Å². The zero-order valence-corrected chi connectivity index (χ0v) is 11.8. The van der Waals surface area contributed by atoms with E-state index in [9.17, 15) is 5.11 Å². The average Bonchev–Trinajstić information content (AvgIpc) is 2.52. The topological polar surface area (TPSA) is 26.7 Å². The maximum absolute atomic E-state index is 9.78. The Labute approximate surface area is 110 Å². The van der Waals surface area contributed by atoms with Gasteiger partial charge in [0.2, 0.25) is 0 Å². The lowest BCUT2D eigenvalue weighted by molar-refractivity contribution is 0.156. The second-order valence-electron chi connectivity index (χ2n) is 6.11. The van der Waals surface area contributed by atoms with Crippen LogP contribution in [0.4, 0.5) is 5.69 Å². The number of anilines is 1. The van der Waals surface area contributed by atoms with E-state index < -0.39 is 0 Å². The summed E-state index contributed by atoms with van der Waals surface area (Å²) in [4.78, 5) is 4.47. The highest BCUT2D eigenvalue weighted by molar-refractivity contribution is 5.46. The number of hydrogen-bond acceptors (Lipinski definition) is 3. The minimum Gasteiger partial charge on any atom is -0.392 e. The average molecular weight is 248 g/mol. The van der Waals surface area contributed by atoms with Crippen molar-refractivity contribution in [3.63, 3.8) is 0 Å². The van der Waals surface area contributed by atoms with E-state index in [2.05, 4.69) is 62.0 Å². The highest BCUT2D eigenvalue weighted by Crippen LogP contribution is 2.30. The Bertz CT molecular complexity index is 397. The van der Waals surface area contributed by atoms with E-state index in [4.69, 9.17) is 0 Å². The molecule has 0 aliphatic carbocycles. The number of hydrogen-bond donors (Lipinski definition) is 1. The molecular weight excluding hydrogens is 224 g/mol. The Balaban J connectivity index is 2.05. The van der Waals surface area contributed by atoms with E-state index in [0.717, 1.165) is 19.5 Å². The van der Waals surface area contributed by atoms with Crippen LogP contribution >= 0.6 is 0 Å². The number of nitrogens with zero attached hydrogens (tertiary/aromatic N) is 2. The minimum atomic E-state index is -0.180. The maximum atomic E-state index is 9.78. The number of β-amino-alcohol motifs (C(OH)–C–C–N with tert-alkyl or cyclic N) is 1. The molecule has 0 radical (unpaired) electrons. The summed E-state index contributed by atoms with van der Waals surface area (Å²) in [5.41, 5.74) is 2.63. The standard InChI is InChI=1S/C15H24N2O/c1-15(2)9-14(18)11-17(15)10-12-5-7-13(8-6-12)16(3)4/h5-8,14,18H,9-11H2,1-4H3. The largest absolute Gasteiger partial charge is 0.392 e. The van der Waals surface area contributed by atoms with Gasteiger partial charge < -0.3 is 10.0 Å². The van der Waals surface area contributed by atoms with Crippen LogP contribution in [0.3, 0.4) is 0 Å². The van der Waals surface area contributed by atoms with Gasteiger partial charge >= 0.3 is 0 Å². The van der Waals surface area contributed by atoms with Crippen molar-refractivity contribution >= 4 is 5.69 Å². The quantitative estimate of drug-likeness (QED) is 0.887. The van der Waals surface area contributed by atoms with Gasteiger partial charge in [-0.25, -0.2) is 0 Å². The second-order valence-corrected chi connectivity index (χ2v) is 6.11. The molecule has 0 bridgehead atoms. The van der Waals surface area contributed by atoms with Gasteiger partial charge in [-0.05, 0) is 38.0 Å². The molecule has 3 nitrogen and oxygen atoms in total. The molecule has 1 aliphatic rings. The lowest BCUT2D eigenvalue weighted by Crippen LogP contribution is -2.37.